The molecule has 1 aliphatic heterocycles. The molecule has 0 N–H and O–H groups in total. The molecule has 1 aliphatic rings. The van der Waals surface area contributed by atoms with Crippen molar-refractivity contribution in [3.05, 3.63) is 42.4 Å². The first-order chi connectivity index (χ1) is 9.74. The fourth-order valence-corrected chi connectivity index (χ4v) is 1.88. The van der Waals surface area contributed by atoms with Crippen LogP contribution in [0.4, 0.5) is 0 Å². The van der Waals surface area contributed by atoms with Gasteiger partial charge < -0.3 is 0 Å². The summed E-state index contributed by atoms with van der Waals surface area (Å²) in [5.74, 6) is 0.0966. The average Bonchev–Trinajstić information content (AvgIpc) is 3.09. The lowest BCUT2D eigenvalue weighted by atomic mass is 10.3. The Labute approximate surface area is 114 Å². The molecule has 0 unspecified atom stereocenters. The first-order valence-electron chi connectivity index (χ1n) is 6.18. The first kappa shape index (κ1) is 12.5. The van der Waals surface area contributed by atoms with Crippen molar-refractivity contribution >= 4 is 11.8 Å². The van der Waals surface area contributed by atoms with Gasteiger partial charge in [-0.2, -0.15) is 10.2 Å². The van der Waals surface area contributed by atoms with Crippen LogP contribution in [0, 0.1) is 0 Å². The van der Waals surface area contributed by atoms with Gasteiger partial charge in [0, 0.05) is 31.4 Å². The maximum absolute atomic E-state index is 11.4. The van der Waals surface area contributed by atoms with Crippen molar-refractivity contribution in [3.63, 3.8) is 0 Å². The van der Waals surface area contributed by atoms with Crippen LogP contribution in [-0.4, -0.2) is 31.6 Å². The Morgan fingerprint density at radius 1 is 1.20 bits per heavy atom. The van der Waals surface area contributed by atoms with E-state index in [0.717, 1.165) is 10.6 Å². The fourth-order valence-electron chi connectivity index (χ4n) is 1.88. The minimum Gasteiger partial charge on any atom is -0.272 e. The molecule has 1 saturated heterocycles. The smallest absolute Gasteiger partial charge is 0.254 e. The Morgan fingerprint density at radius 3 is 2.60 bits per heavy atom. The molecular formula is C13H12N4O3. The van der Waals surface area contributed by atoms with Gasteiger partial charge in [-0.15, -0.1) is 0 Å². The van der Waals surface area contributed by atoms with Gasteiger partial charge in [0.05, 0.1) is 0 Å². The molecule has 0 saturated carbocycles. The number of pyridine rings is 1. The molecular weight excluding hydrogens is 260 g/mol. The van der Waals surface area contributed by atoms with E-state index in [4.69, 9.17) is 4.84 Å². The number of hydrogen-bond donors (Lipinski definition) is 0. The largest absolute Gasteiger partial charge is 0.272 e. The number of amides is 2. The molecule has 20 heavy (non-hydrogen) atoms. The van der Waals surface area contributed by atoms with Gasteiger partial charge in [-0.25, -0.2) is 9.67 Å². The van der Waals surface area contributed by atoms with E-state index in [-0.39, 0.29) is 31.3 Å². The summed E-state index contributed by atoms with van der Waals surface area (Å²) in [6, 6.07) is 5.41. The molecule has 7 nitrogen and oxygen atoms in total. The Kier molecular flexibility index (Phi) is 3.26. The van der Waals surface area contributed by atoms with Gasteiger partial charge in [0.25, 0.3) is 11.8 Å². The third kappa shape index (κ3) is 2.43. The number of carbonyl (C=O) groups is 2. The fraction of sp³-hybridized carbons (Fsp3) is 0.231. The zero-order valence-corrected chi connectivity index (χ0v) is 10.6. The lowest BCUT2D eigenvalue weighted by Crippen LogP contribution is -2.29. The van der Waals surface area contributed by atoms with Gasteiger partial charge in [0.2, 0.25) is 0 Å². The minimum atomic E-state index is -0.295. The summed E-state index contributed by atoms with van der Waals surface area (Å²) >= 11 is 0. The molecule has 0 aromatic carbocycles. The number of aromatic nitrogens is 3. The van der Waals surface area contributed by atoms with E-state index in [1.165, 1.54) is 0 Å². The zero-order valence-electron chi connectivity index (χ0n) is 10.6. The Balaban J connectivity index is 1.64. The maximum Gasteiger partial charge on any atom is 0.254 e. The average molecular weight is 272 g/mol. The highest BCUT2D eigenvalue weighted by Crippen LogP contribution is 2.14. The Hall–Kier alpha value is -2.54. The molecule has 102 valence electrons. The van der Waals surface area contributed by atoms with Gasteiger partial charge in [-0.3, -0.25) is 14.4 Å². The van der Waals surface area contributed by atoms with E-state index >= 15 is 0 Å². The highest BCUT2D eigenvalue weighted by atomic mass is 16.7. The summed E-state index contributed by atoms with van der Waals surface area (Å²) in [5.41, 5.74) is 0.772. The SMILES string of the molecule is O=C1CCC(=O)N1OCc1ccc(-n2cccn2)nc1. The predicted octanol–water partition coefficient (Wildman–Crippen LogP) is 0.848. The van der Waals surface area contributed by atoms with E-state index in [1.54, 1.807) is 29.3 Å². The van der Waals surface area contributed by atoms with Crippen LogP contribution in [0.5, 0.6) is 0 Å². The second-order valence-corrected chi connectivity index (χ2v) is 4.33. The molecule has 2 aromatic heterocycles. The molecule has 3 rings (SSSR count). The van der Waals surface area contributed by atoms with Crippen LogP contribution in [0.15, 0.2) is 36.8 Å². The van der Waals surface area contributed by atoms with Crippen LogP contribution in [0.2, 0.25) is 0 Å². The summed E-state index contributed by atoms with van der Waals surface area (Å²) in [6.07, 6.45) is 5.52. The lowest BCUT2D eigenvalue weighted by molar-refractivity contribution is -0.191. The highest BCUT2D eigenvalue weighted by molar-refractivity contribution is 6.00. The van der Waals surface area contributed by atoms with Crippen molar-refractivity contribution < 1.29 is 14.4 Å². The van der Waals surface area contributed by atoms with Gasteiger partial charge in [0.1, 0.15) is 6.61 Å². The van der Waals surface area contributed by atoms with E-state index in [0.29, 0.717) is 5.82 Å². The standard InChI is InChI=1S/C13H12N4O3/c18-12-4-5-13(19)17(12)20-9-10-2-3-11(14-8-10)16-7-1-6-15-16/h1-3,6-8H,4-5,9H2. The van der Waals surface area contributed by atoms with Gasteiger partial charge in [0.15, 0.2) is 5.82 Å². The topological polar surface area (TPSA) is 77.3 Å². The first-order valence-corrected chi connectivity index (χ1v) is 6.18. The summed E-state index contributed by atoms with van der Waals surface area (Å²) in [5, 5.41) is 4.91. The molecule has 2 amide bonds. The summed E-state index contributed by atoms with van der Waals surface area (Å²) < 4.78 is 1.64. The quantitative estimate of drug-likeness (QED) is 0.771. The van der Waals surface area contributed by atoms with E-state index < -0.39 is 0 Å². The number of imide groups is 1. The number of hydrogen-bond acceptors (Lipinski definition) is 5. The molecule has 2 aromatic rings. The van der Waals surface area contributed by atoms with Crippen molar-refractivity contribution in [3.8, 4) is 5.82 Å². The van der Waals surface area contributed by atoms with Crippen LogP contribution < -0.4 is 0 Å². The van der Waals surface area contributed by atoms with Gasteiger partial charge >= 0.3 is 0 Å². The summed E-state index contributed by atoms with van der Waals surface area (Å²) in [4.78, 5) is 32.2. The van der Waals surface area contributed by atoms with Crippen LogP contribution in [-0.2, 0) is 21.0 Å². The third-order valence-electron chi connectivity index (χ3n) is 2.91. The Bertz CT molecular complexity index is 606. The van der Waals surface area contributed by atoms with Crippen molar-refractivity contribution in [2.45, 2.75) is 19.4 Å². The molecule has 0 spiro atoms. The minimum absolute atomic E-state index is 0.129. The van der Waals surface area contributed by atoms with Crippen molar-refractivity contribution in [2.75, 3.05) is 0 Å². The van der Waals surface area contributed by atoms with Crippen LogP contribution in [0.25, 0.3) is 5.82 Å². The van der Waals surface area contributed by atoms with Crippen LogP contribution in [0.1, 0.15) is 18.4 Å². The molecule has 1 fully saturated rings. The summed E-state index contributed by atoms with van der Waals surface area (Å²) in [6.45, 7) is 0.129. The number of nitrogens with zero attached hydrogens (tertiary/aromatic N) is 4. The molecule has 7 heteroatoms. The van der Waals surface area contributed by atoms with Crippen LogP contribution >= 0.6 is 0 Å². The number of rotatable bonds is 4. The number of hydroxylamine groups is 2. The molecule has 0 radical (unpaired) electrons. The third-order valence-corrected chi connectivity index (χ3v) is 2.91. The van der Waals surface area contributed by atoms with Crippen molar-refractivity contribution in [2.24, 2.45) is 0 Å². The monoisotopic (exact) mass is 272 g/mol. The second-order valence-electron chi connectivity index (χ2n) is 4.33. The van der Waals surface area contributed by atoms with Crippen molar-refractivity contribution in [1.82, 2.24) is 19.8 Å². The molecule has 0 aliphatic carbocycles. The maximum atomic E-state index is 11.4. The van der Waals surface area contributed by atoms with Crippen molar-refractivity contribution in [1.29, 1.82) is 0 Å². The Morgan fingerprint density at radius 2 is 2.00 bits per heavy atom. The predicted molar refractivity (Wildman–Crippen MR) is 67.2 cm³/mol. The van der Waals surface area contributed by atoms with E-state index in [2.05, 4.69) is 10.1 Å². The highest BCUT2D eigenvalue weighted by Gasteiger charge is 2.30. The zero-order chi connectivity index (χ0) is 13.9. The molecule has 0 atom stereocenters. The molecule has 0 bridgehead atoms. The van der Waals surface area contributed by atoms with E-state index in [1.807, 2.05) is 12.1 Å². The van der Waals surface area contributed by atoms with Gasteiger partial charge in [-0.05, 0) is 17.7 Å². The van der Waals surface area contributed by atoms with Gasteiger partial charge in [-0.1, -0.05) is 6.07 Å². The summed E-state index contributed by atoms with van der Waals surface area (Å²) in [7, 11) is 0. The van der Waals surface area contributed by atoms with E-state index in [9.17, 15) is 9.59 Å². The normalized spacial score (nSPS) is 15.1. The second kappa shape index (κ2) is 5.22. The number of carbonyl (C=O) groups excluding carboxylic acids is 2. The lowest BCUT2D eigenvalue weighted by Gasteiger charge is -2.13. The molecule has 3 heterocycles. The van der Waals surface area contributed by atoms with Crippen LogP contribution in [0.3, 0.4) is 0 Å².